The summed E-state index contributed by atoms with van der Waals surface area (Å²) in [5.74, 6) is -0.476. The van der Waals surface area contributed by atoms with Crippen LogP contribution in [0, 0.1) is 0 Å². The summed E-state index contributed by atoms with van der Waals surface area (Å²) in [4.78, 5) is 22.5. The Kier molecular flexibility index (Phi) is 5.87. The number of nitrogens with one attached hydrogen (secondary N) is 2. The molecule has 0 fully saturated rings. The average molecular weight is 201 g/mol. The van der Waals surface area contributed by atoms with Crippen LogP contribution in [0.4, 0.5) is 0 Å². The van der Waals surface area contributed by atoms with E-state index < -0.39 is 12.1 Å². The Labute approximate surface area is 84.4 Å². The Morgan fingerprint density at radius 3 is 2.29 bits per heavy atom. The van der Waals surface area contributed by atoms with Gasteiger partial charge in [-0.05, 0) is 20.3 Å². The van der Waals surface area contributed by atoms with Gasteiger partial charge in [-0.1, -0.05) is 6.92 Å². The second kappa shape index (κ2) is 6.37. The fourth-order valence-electron chi connectivity index (χ4n) is 0.899. The number of amides is 2. The van der Waals surface area contributed by atoms with Crippen molar-refractivity contribution in [3.8, 4) is 0 Å². The number of carbonyl (C=O) groups is 2. The minimum atomic E-state index is -0.535. The van der Waals surface area contributed by atoms with Gasteiger partial charge in [0.05, 0.1) is 6.04 Å². The van der Waals surface area contributed by atoms with Gasteiger partial charge in [0.2, 0.25) is 11.8 Å². The van der Waals surface area contributed by atoms with Crippen LogP contribution in [0.15, 0.2) is 0 Å². The maximum atomic E-state index is 11.3. The van der Waals surface area contributed by atoms with Crippen molar-refractivity contribution in [1.82, 2.24) is 10.6 Å². The molecule has 0 heterocycles. The molecule has 0 saturated heterocycles. The molecule has 0 aliphatic rings. The first-order chi connectivity index (χ1) is 6.52. The van der Waals surface area contributed by atoms with Gasteiger partial charge in [0.15, 0.2) is 0 Å². The molecule has 0 rings (SSSR count). The van der Waals surface area contributed by atoms with Gasteiger partial charge in [0, 0.05) is 6.54 Å². The zero-order valence-electron chi connectivity index (χ0n) is 8.96. The Morgan fingerprint density at radius 1 is 1.29 bits per heavy atom. The molecule has 2 amide bonds. The van der Waals surface area contributed by atoms with Gasteiger partial charge in [0.25, 0.3) is 0 Å². The monoisotopic (exact) mass is 201 g/mol. The molecule has 5 nitrogen and oxygen atoms in total. The highest BCUT2D eigenvalue weighted by Gasteiger charge is 2.17. The fraction of sp³-hybridized carbons (Fsp3) is 0.778. The van der Waals surface area contributed by atoms with Crippen LogP contribution in [0.3, 0.4) is 0 Å². The molecule has 0 bridgehead atoms. The Hall–Kier alpha value is -1.10. The number of carbonyl (C=O) groups excluding carboxylic acids is 2. The normalized spacial score (nSPS) is 14.3. The van der Waals surface area contributed by atoms with Crippen LogP contribution in [0.1, 0.15) is 27.2 Å². The molecule has 1 unspecified atom stereocenters. The van der Waals surface area contributed by atoms with E-state index >= 15 is 0 Å². The summed E-state index contributed by atoms with van der Waals surface area (Å²) < 4.78 is 0. The summed E-state index contributed by atoms with van der Waals surface area (Å²) in [6.45, 7) is 5.83. The van der Waals surface area contributed by atoms with E-state index in [4.69, 9.17) is 5.73 Å². The summed E-state index contributed by atoms with van der Waals surface area (Å²) in [5.41, 5.74) is 5.50. The van der Waals surface area contributed by atoms with Gasteiger partial charge in [-0.2, -0.15) is 0 Å². The first-order valence-electron chi connectivity index (χ1n) is 4.86. The van der Waals surface area contributed by atoms with E-state index in [1.807, 2.05) is 13.8 Å². The van der Waals surface area contributed by atoms with Crippen LogP contribution in [0.2, 0.25) is 0 Å². The minimum Gasteiger partial charge on any atom is -0.355 e. The lowest BCUT2D eigenvalue weighted by molar-refractivity contribution is -0.129. The van der Waals surface area contributed by atoms with Crippen molar-refractivity contribution in [2.75, 3.05) is 6.54 Å². The number of likely N-dealkylation sites (N-methyl/N-ethyl adjacent to an activating group) is 1. The van der Waals surface area contributed by atoms with Gasteiger partial charge in [0.1, 0.15) is 6.04 Å². The summed E-state index contributed by atoms with van der Waals surface area (Å²) in [7, 11) is 0. The molecular formula is C9H19N3O2. The lowest BCUT2D eigenvalue weighted by atomic mass is 10.2. The van der Waals surface area contributed by atoms with Crippen molar-refractivity contribution in [2.24, 2.45) is 5.73 Å². The van der Waals surface area contributed by atoms with Crippen LogP contribution in [0.25, 0.3) is 0 Å². The van der Waals surface area contributed by atoms with Crippen molar-refractivity contribution in [3.63, 3.8) is 0 Å². The lowest BCUT2D eigenvalue weighted by Crippen LogP contribution is -2.50. The van der Waals surface area contributed by atoms with Gasteiger partial charge in [-0.25, -0.2) is 0 Å². The molecule has 5 heteroatoms. The molecule has 0 aromatic rings. The molecule has 2 atom stereocenters. The van der Waals surface area contributed by atoms with Crippen molar-refractivity contribution in [1.29, 1.82) is 0 Å². The number of nitrogens with two attached hydrogens (primary N) is 1. The first-order valence-corrected chi connectivity index (χ1v) is 4.86. The molecule has 0 aromatic heterocycles. The molecule has 0 aliphatic heterocycles. The molecule has 0 spiro atoms. The van der Waals surface area contributed by atoms with Gasteiger partial charge in [-0.3, -0.25) is 9.59 Å². The number of hydrogen-bond donors (Lipinski definition) is 3. The lowest BCUT2D eigenvalue weighted by Gasteiger charge is -2.15. The zero-order chi connectivity index (χ0) is 11.1. The van der Waals surface area contributed by atoms with E-state index in [2.05, 4.69) is 10.6 Å². The smallest absolute Gasteiger partial charge is 0.242 e. The quantitative estimate of drug-likeness (QED) is 0.553. The highest BCUT2D eigenvalue weighted by molar-refractivity contribution is 5.89. The third-order valence-corrected chi connectivity index (χ3v) is 1.88. The van der Waals surface area contributed by atoms with E-state index in [9.17, 15) is 9.59 Å². The highest BCUT2D eigenvalue weighted by atomic mass is 16.2. The third kappa shape index (κ3) is 4.23. The van der Waals surface area contributed by atoms with Gasteiger partial charge < -0.3 is 16.4 Å². The van der Waals surface area contributed by atoms with Crippen LogP contribution >= 0.6 is 0 Å². The maximum absolute atomic E-state index is 11.3. The van der Waals surface area contributed by atoms with Crippen molar-refractivity contribution >= 4 is 11.8 Å². The maximum Gasteiger partial charge on any atom is 0.242 e. The molecule has 4 N–H and O–H groups in total. The van der Waals surface area contributed by atoms with E-state index in [1.165, 1.54) is 0 Å². The Balaban J connectivity index is 3.99. The number of hydrogen-bond acceptors (Lipinski definition) is 3. The molecule has 0 saturated carbocycles. The van der Waals surface area contributed by atoms with E-state index in [0.717, 1.165) is 0 Å². The number of rotatable bonds is 5. The van der Waals surface area contributed by atoms with Gasteiger partial charge >= 0.3 is 0 Å². The second-order valence-electron chi connectivity index (χ2n) is 3.14. The molecular weight excluding hydrogens is 182 g/mol. The zero-order valence-corrected chi connectivity index (χ0v) is 8.96. The standard InChI is InChI=1S/C9H19N3O2/c1-4-7(10)9(14)12-6(3)8(13)11-5-2/h6-7H,4-5,10H2,1-3H3,(H,11,13)(H,12,14)/t6?,7-/m0/s1. The fourth-order valence-corrected chi connectivity index (χ4v) is 0.899. The van der Waals surface area contributed by atoms with Crippen LogP contribution in [-0.2, 0) is 9.59 Å². The summed E-state index contributed by atoms with van der Waals surface area (Å²) >= 11 is 0. The predicted octanol–water partition coefficient (Wildman–Crippen LogP) is -0.635. The Morgan fingerprint density at radius 2 is 1.86 bits per heavy atom. The molecule has 0 aliphatic carbocycles. The van der Waals surface area contributed by atoms with E-state index in [-0.39, 0.29) is 11.8 Å². The van der Waals surface area contributed by atoms with E-state index in [0.29, 0.717) is 13.0 Å². The van der Waals surface area contributed by atoms with Crippen molar-refractivity contribution < 1.29 is 9.59 Å². The largest absolute Gasteiger partial charge is 0.355 e. The second-order valence-corrected chi connectivity index (χ2v) is 3.14. The highest BCUT2D eigenvalue weighted by Crippen LogP contribution is 1.88. The van der Waals surface area contributed by atoms with Crippen molar-refractivity contribution in [2.45, 2.75) is 39.3 Å². The SMILES string of the molecule is CCNC(=O)C(C)NC(=O)[C@@H](N)CC. The molecule has 82 valence electrons. The molecule has 0 radical (unpaired) electrons. The van der Waals surface area contributed by atoms with Crippen molar-refractivity contribution in [3.05, 3.63) is 0 Å². The first kappa shape index (κ1) is 12.9. The summed E-state index contributed by atoms with van der Waals surface area (Å²) in [6, 6.07) is -1.06. The third-order valence-electron chi connectivity index (χ3n) is 1.88. The molecule has 14 heavy (non-hydrogen) atoms. The van der Waals surface area contributed by atoms with E-state index in [1.54, 1.807) is 6.92 Å². The van der Waals surface area contributed by atoms with Crippen LogP contribution in [-0.4, -0.2) is 30.4 Å². The summed E-state index contributed by atoms with van der Waals surface area (Å²) in [6.07, 6.45) is 0.563. The predicted molar refractivity (Wildman–Crippen MR) is 54.6 cm³/mol. The molecule has 0 aromatic carbocycles. The van der Waals surface area contributed by atoms with Crippen LogP contribution in [0.5, 0.6) is 0 Å². The summed E-state index contributed by atoms with van der Waals surface area (Å²) in [5, 5.41) is 5.15. The Bertz CT molecular complexity index is 206. The average Bonchev–Trinajstić information content (AvgIpc) is 2.16. The van der Waals surface area contributed by atoms with Gasteiger partial charge in [-0.15, -0.1) is 0 Å². The topological polar surface area (TPSA) is 84.2 Å². The minimum absolute atomic E-state index is 0.191. The van der Waals surface area contributed by atoms with Crippen LogP contribution < -0.4 is 16.4 Å².